The lowest BCUT2D eigenvalue weighted by atomic mass is 10.3. The van der Waals surface area contributed by atoms with Crippen LogP contribution in [0.5, 0.6) is 0 Å². The average Bonchev–Trinajstić information content (AvgIpc) is 2.67. The summed E-state index contributed by atoms with van der Waals surface area (Å²) in [6.07, 6.45) is 3.46. The summed E-state index contributed by atoms with van der Waals surface area (Å²) in [5, 5.41) is 0. The molecule has 0 radical (unpaired) electrons. The van der Waals surface area contributed by atoms with Crippen molar-refractivity contribution in [2.45, 2.75) is 5.88 Å². The SMILES string of the molecule is Fc1ccc(-n2ccnc2CCl)cc1. The first kappa shape index (κ1) is 9.21. The van der Waals surface area contributed by atoms with E-state index in [2.05, 4.69) is 4.98 Å². The van der Waals surface area contributed by atoms with E-state index in [4.69, 9.17) is 11.6 Å². The predicted molar refractivity (Wildman–Crippen MR) is 53.1 cm³/mol. The van der Waals surface area contributed by atoms with Crippen molar-refractivity contribution in [3.8, 4) is 5.69 Å². The van der Waals surface area contributed by atoms with Gasteiger partial charge in [0.1, 0.15) is 11.6 Å². The second-order valence-corrected chi connectivity index (χ2v) is 3.09. The van der Waals surface area contributed by atoms with Crippen molar-refractivity contribution in [2.24, 2.45) is 0 Å². The van der Waals surface area contributed by atoms with Gasteiger partial charge >= 0.3 is 0 Å². The number of hydrogen-bond donors (Lipinski definition) is 0. The Morgan fingerprint density at radius 3 is 2.64 bits per heavy atom. The number of aromatic nitrogens is 2. The van der Waals surface area contributed by atoms with Gasteiger partial charge in [-0.15, -0.1) is 11.6 Å². The van der Waals surface area contributed by atoms with Crippen molar-refractivity contribution in [3.63, 3.8) is 0 Å². The molecule has 1 aromatic heterocycles. The number of imidazole rings is 1. The molecule has 0 atom stereocenters. The van der Waals surface area contributed by atoms with E-state index in [1.54, 1.807) is 24.5 Å². The van der Waals surface area contributed by atoms with E-state index < -0.39 is 0 Å². The van der Waals surface area contributed by atoms with Crippen LogP contribution in [0.4, 0.5) is 4.39 Å². The van der Waals surface area contributed by atoms with Crippen molar-refractivity contribution in [2.75, 3.05) is 0 Å². The summed E-state index contributed by atoms with van der Waals surface area (Å²) in [6, 6.07) is 6.20. The van der Waals surface area contributed by atoms with E-state index >= 15 is 0 Å². The van der Waals surface area contributed by atoms with Gasteiger partial charge < -0.3 is 4.57 Å². The van der Waals surface area contributed by atoms with Crippen LogP contribution in [0, 0.1) is 5.82 Å². The molecule has 2 nitrogen and oxygen atoms in total. The number of alkyl halides is 1. The summed E-state index contributed by atoms with van der Waals surface area (Å²) in [5.74, 6) is 0.837. The number of hydrogen-bond acceptors (Lipinski definition) is 1. The first-order chi connectivity index (χ1) is 6.81. The van der Waals surface area contributed by atoms with Crippen LogP contribution in [0.2, 0.25) is 0 Å². The molecule has 4 heteroatoms. The Hall–Kier alpha value is -1.35. The van der Waals surface area contributed by atoms with Crippen molar-refractivity contribution in [1.29, 1.82) is 0 Å². The minimum Gasteiger partial charge on any atom is -0.303 e. The minimum absolute atomic E-state index is 0.249. The van der Waals surface area contributed by atoms with Crippen molar-refractivity contribution < 1.29 is 4.39 Å². The molecule has 0 bridgehead atoms. The first-order valence-electron chi connectivity index (χ1n) is 4.15. The molecule has 0 saturated carbocycles. The maximum atomic E-state index is 12.7. The van der Waals surface area contributed by atoms with Gasteiger partial charge in [0.2, 0.25) is 0 Å². The van der Waals surface area contributed by atoms with Gasteiger partial charge in [0.05, 0.1) is 5.88 Å². The highest BCUT2D eigenvalue weighted by Gasteiger charge is 2.02. The Morgan fingerprint density at radius 2 is 2.00 bits per heavy atom. The highest BCUT2D eigenvalue weighted by Crippen LogP contribution is 2.12. The van der Waals surface area contributed by atoms with Crippen LogP contribution in [0.25, 0.3) is 5.69 Å². The van der Waals surface area contributed by atoms with E-state index in [-0.39, 0.29) is 5.82 Å². The highest BCUT2D eigenvalue weighted by molar-refractivity contribution is 6.16. The molecule has 0 fully saturated rings. The third-order valence-corrected chi connectivity index (χ3v) is 2.18. The molecule has 0 spiro atoms. The third kappa shape index (κ3) is 1.63. The van der Waals surface area contributed by atoms with Crippen LogP contribution in [-0.4, -0.2) is 9.55 Å². The Kier molecular flexibility index (Phi) is 2.50. The highest BCUT2D eigenvalue weighted by atomic mass is 35.5. The van der Waals surface area contributed by atoms with Gasteiger partial charge in [0, 0.05) is 18.1 Å². The normalized spacial score (nSPS) is 10.4. The number of rotatable bonds is 2. The zero-order valence-electron chi connectivity index (χ0n) is 7.32. The number of nitrogens with zero attached hydrogens (tertiary/aromatic N) is 2. The molecule has 0 aliphatic rings. The smallest absolute Gasteiger partial charge is 0.128 e. The molecule has 0 aliphatic carbocycles. The van der Waals surface area contributed by atoms with Gasteiger partial charge in [0.15, 0.2) is 0 Å². The van der Waals surface area contributed by atoms with Crippen molar-refractivity contribution in [1.82, 2.24) is 9.55 Å². The zero-order chi connectivity index (χ0) is 9.97. The molecule has 2 rings (SSSR count). The van der Waals surface area contributed by atoms with Gasteiger partial charge in [-0.05, 0) is 24.3 Å². The monoisotopic (exact) mass is 210 g/mol. The molecule has 0 aliphatic heterocycles. The molecule has 14 heavy (non-hydrogen) atoms. The zero-order valence-corrected chi connectivity index (χ0v) is 8.08. The van der Waals surface area contributed by atoms with Gasteiger partial charge in [-0.3, -0.25) is 0 Å². The minimum atomic E-state index is -0.249. The predicted octanol–water partition coefficient (Wildman–Crippen LogP) is 2.75. The Morgan fingerprint density at radius 1 is 1.29 bits per heavy atom. The number of halogens is 2. The Labute approximate surface area is 86.0 Å². The molecular formula is C10H8ClFN2. The third-order valence-electron chi connectivity index (χ3n) is 1.94. The van der Waals surface area contributed by atoms with Crippen LogP contribution in [0.15, 0.2) is 36.7 Å². The average molecular weight is 211 g/mol. The summed E-state index contributed by atoms with van der Waals surface area (Å²) >= 11 is 5.70. The van der Waals surface area contributed by atoms with Crippen LogP contribution in [0.1, 0.15) is 5.82 Å². The molecule has 0 amide bonds. The van der Waals surface area contributed by atoms with Gasteiger partial charge in [-0.1, -0.05) is 0 Å². The molecular weight excluding hydrogens is 203 g/mol. The summed E-state index contributed by atoms with van der Waals surface area (Å²) in [5.41, 5.74) is 0.861. The topological polar surface area (TPSA) is 17.8 Å². The first-order valence-corrected chi connectivity index (χ1v) is 4.69. The van der Waals surface area contributed by atoms with Crippen LogP contribution < -0.4 is 0 Å². The molecule has 72 valence electrons. The lowest BCUT2D eigenvalue weighted by molar-refractivity contribution is 0.627. The standard InChI is InChI=1S/C10H8ClFN2/c11-7-10-13-5-6-14(10)9-3-1-8(12)2-4-9/h1-6H,7H2. The lowest BCUT2D eigenvalue weighted by Gasteiger charge is -2.04. The van der Waals surface area contributed by atoms with Crippen LogP contribution in [0.3, 0.4) is 0 Å². The molecule has 1 heterocycles. The second kappa shape index (κ2) is 3.80. The fourth-order valence-corrected chi connectivity index (χ4v) is 1.47. The van der Waals surface area contributed by atoms with Crippen LogP contribution >= 0.6 is 11.6 Å². The van der Waals surface area contributed by atoms with E-state index in [1.165, 1.54) is 12.1 Å². The molecule has 0 saturated heterocycles. The van der Waals surface area contributed by atoms with E-state index in [9.17, 15) is 4.39 Å². The van der Waals surface area contributed by atoms with E-state index in [0.717, 1.165) is 11.5 Å². The van der Waals surface area contributed by atoms with Gasteiger partial charge in [-0.2, -0.15) is 0 Å². The summed E-state index contributed by atoms with van der Waals surface area (Å²) < 4.78 is 14.5. The van der Waals surface area contributed by atoms with Gasteiger partial charge in [-0.25, -0.2) is 9.37 Å². The largest absolute Gasteiger partial charge is 0.303 e. The summed E-state index contributed by atoms with van der Waals surface area (Å²) in [6.45, 7) is 0. The van der Waals surface area contributed by atoms with Crippen molar-refractivity contribution in [3.05, 3.63) is 48.3 Å². The Bertz CT molecular complexity index is 422. The van der Waals surface area contributed by atoms with Crippen molar-refractivity contribution >= 4 is 11.6 Å². The van der Waals surface area contributed by atoms with E-state index in [0.29, 0.717) is 5.88 Å². The summed E-state index contributed by atoms with van der Waals surface area (Å²) in [4.78, 5) is 4.07. The number of benzene rings is 1. The molecule has 1 aromatic carbocycles. The second-order valence-electron chi connectivity index (χ2n) is 2.82. The fourth-order valence-electron chi connectivity index (χ4n) is 1.27. The molecule has 0 N–H and O–H groups in total. The Balaban J connectivity index is 2.44. The van der Waals surface area contributed by atoms with Gasteiger partial charge in [0.25, 0.3) is 0 Å². The lowest BCUT2D eigenvalue weighted by Crippen LogP contribution is -1.97. The van der Waals surface area contributed by atoms with Crippen LogP contribution in [-0.2, 0) is 5.88 Å². The molecule has 2 aromatic rings. The van der Waals surface area contributed by atoms with E-state index in [1.807, 2.05) is 4.57 Å². The maximum Gasteiger partial charge on any atom is 0.128 e. The quantitative estimate of drug-likeness (QED) is 0.697. The molecule has 0 unspecified atom stereocenters. The maximum absolute atomic E-state index is 12.7. The summed E-state index contributed by atoms with van der Waals surface area (Å²) in [7, 11) is 0. The fraction of sp³-hybridized carbons (Fsp3) is 0.100.